The van der Waals surface area contributed by atoms with E-state index in [0.29, 0.717) is 16.4 Å². The Morgan fingerprint density at radius 2 is 2.13 bits per heavy atom. The summed E-state index contributed by atoms with van der Waals surface area (Å²) in [6.07, 6.45) is 6.57. The average Bonchev–Trinajstić information content (AvgIpc) is 2.57. The van der Waals surface area contributed by atoms with Crippen LogP contribution in [0.1, 0.15) is 0 Å². The number of rotatable bonds is 0. The first-order valence-corrected chi connectivity index (χ1v) is 4.33. The zero-order valence-electron chi connectivity index (χ0n) is 7.52. The molecule has 0 atom stereocenters. The highest BCUT2D eigenvalue weighted by Gasteiger charge is 2.06. The fraction of sp³-hybridized carbons (Fsp3) is 0. The van der Waals surface area contributed by atoms with Gasteiger partial charge in [-0.1, -0.05) is 0 Å². The van der Waals surface area contributed by atoms with Crippen LogP contribution in [0.3, 0.4) is 0 Å². The first-order valence-electron chi connectivity index (χ1n) is 4.33. The Balaban J connectivity index is 2.73. The second-order valence-electron chi connectivity index (χ2n) is 3.19. The van der Waals surface area contributed by atoms with E-state index in [-0.39, 0.29) is 0 Å². The van der Waals surface area contributed by atoms with Crippen LogP contribution in [-0.4, -0.2) is 19.4 Å². The topological polar surface area (TPSA) is 83.0 Å². The maximum Gasteiger partial charge on any atom is 0.326 e. The summed E-state index contributed by atoms with van der Waals surface area (Å²) in [6, 6.07) is 0. The number of hydrogen-bond acceptors (Lipinski definition) is 3. The third-order valence-corrected chi connectivity index (χ3v) is 2.29. The molecular formula is C9H6N4O2. The Morgan fingerprint density at radius 3 is 3.00 bits per heavy atom. The summed E-state index contributed by atoms with van der Waals surface area (Å²) in [5.74, 6) is 0. The van der Waals surface area contributed by atoms with E-state index < -0.39 is 11.2 Å². The normalized spacial score (nSPS) is 11.2. The van der Waals surface area contributed by atoms with E-state index in [1.807, 2.05) is 0 Å². The van der Waals surface area contributed by atoms with E-state index >= 15 is 0 Å². The monoisotopic (exact) mass is 202 g/mol. The molecule has 2 N–H and O–H groups in total. The molecule has 0 saturated carbocycles. The largest absolute Gasteiger partial charge is 0.326 e. The van der Waals surface area contributed by atoms with Crippen molar-refractivity contribution < 1.29 is 0 Å². The molecule has 15 heavy (non-hydrogen) atoms. The van der Waals surface area contributed by atoms with Gasteiger partial charge in [0.05, 0.1) is 22.6 Å². The third-order valence-electron chi connectivity index (χ3n) is 2.29. The van der Waals surface area contributed by atoms with Crippen LogP contribution in [-0.2, 0) is 0 Å². The highest BCUT2D eigenvalue weighted by molar-refractivity contribution is 5.92. The molecule has 6 nitrogen and oxygen atoms in total. The first kappa shape index (κ1) is 7.98. The van der Waals surface area contributed by atoms with E-state index in [1.54, 1.807) is 29.2 Å². The predicted molar refractivity (Wildman–Crippen MR) is 53.9 cm³/mol. The third kappa shape index (κ3) is 1.01. The van der Waals surface area contributed by atoms with Crippen LogP contribution in [0.2, 0.25) is 0 Å². The molecule has 0 amide bonds. The van der Waals surface area contributed by atoms with Gasteiger partial charge in [0.1, 0.15) is 0 Å². The fourth-order valence-corrected chi connectivity index (χ4v) is 1.64. The average molecular weight is 202 g/mol. The van der Waals surface area contributed by atoms with Crippen molar-refractivity contribution in [1.82, 2.24) is 19.4 Å². The van der Waals surface area contributed by atoms with Crippen LogP contribution in [0.15, 0.2) is 34.4 Å². The maximum absolute atomic E-state index is 11.5. The van der Waals surface area contributed by atoms with Gasteiger partial charge >= 0.3 is 5.69 Å². The van der Waals surface area contributed by atoms with Gasteiger partial charge in [-0.25, -0.2) is 4.79 Å². The summed E-state index contributed by atoms with van der Waals surface area (Å²) < 4.78 is 1.74. The molecule has 3 rings (SSSR count). The molecule has 0 aliphatic carbocycles. The SMILES string of the molecule is O=c1[nH]c(=O)c2cn3ccncc3c2[nH]1. The number of aromatic nitrogens is 4. The summed E-state index contributed by atoms with van der Waals surface area (Å²) in [5.41, 5.74) is 0.314. The van der Waals surface area contributed by atoms with E-state index in [1.165, 1.54) is 0 Å². The van der Waals surface area contributed by atoms with Crippen molar-refractivity contribution in [2.45, 2.75) is 0 Å². The molecule has 0 aliphatic heterocycles. The minimum absolute atomic E-state index is 0.391. The van der Waals surface area contributed by atoms with Crippen molar-refractivity contribution in [2.75, 3.05) is 0 Å². The van der Waals surface area contributed by atoms with Crippen molar-refractivity contribution in [3.8, 4) is 0 Å². The van der Waals surface area contributed by atoms with E-state index in [2.05, 4.69) is 15.0 Å². The molecule has 6 heteroatoms. The summed E-state index contributed by atoms with van der Waals surface area (Å²) in [4.78, 5) is 31.3. The van der Waals surface area contributed by atoms with Gasteiger partial charge in [-0.3, -0.25) is 14.8 Å². The molecule has 0 radical (unpaired) electrons. The quantitative estimate of drug-likeness (QED) is 0.532. The zero-order valence-corrected chi connectivity index (χ0v) is 7.52. The molecule has 74 valence electrons. The number of fused-ring (bicyclic) bond motifs is 3. The number of nitrogens with zero attached hydrogens (tertiary/aromatic N) is 2. The van der Waals surface area contributed by atoms with Crippen LogP contribution in [0, 0.1) is 0 Å². The van der Waals surface area contributed by atoms with Gasteiger partial charge in [0.25, 0.3) is 5.56 Å². The van der Waals surface area contributed by atoms with Gasteiger partial charge in [-0.2, -0.15) is 0 Å². The molecule has 0 aromatic carbocycles. The molecular weight excluding hydrogens is 196 g/mol. The van der Waals surface area contributed by atoms with Crippen LogP contribution in [0.25, 0.3) is 16.4 Å². The lowest BCUT2D eigenvalue weighted by atomic mass is 10.3. The molecule has 0 saturated heterocycles. The minimum Gasteiger partial charge on any atom is -0.318 e. The summed E-state index contributed by atoms with van der Waals surface area (Å²) in [6.45, 7) is 0. The Kier molecular flexibility index (Phi) is 1.37. The molecule has 0 spiro atoms. The van der Waals surface area contributed by atoms with Crippen LogP contribution in [0.5, 0.6) is 0 Å². The molecule has 3 heterocycles. The van der Waals surface area contributed by atoms with Gasteiger partial charge in [-0.05, 0) is 0 Å². The highest BCUT2D eigenvalue weighted by atomic mass is 16.2. The molecule has 0 aliphatic rings. The van der Waals surface area contributed by atoms with Crippen molar-refractivity contribution in [3.05, 3.63) is 45.6 Å². The Labute approximate surface area is 82.2 Å². The Hall–Kier alpha value is -2.37. The van der Waals surface area contributed by atoms with Gasteiger partial charge in [0, 0.05) is 18.6 Å². The zero-order chi connectivity index (χ0) is 10.4. The standard InChI is InChI=1S/C9H6N4O2/c14-8-5-4-13-2-1-10-3-6(13)7(5)11-9(15)12-8/h1-4H,(H2,11,12,14,15). The van der Waals surface area contributed by atoms with E-state index in [0.717, 1.165) is 0 Å². The predicted octanol–water partition coefficient (Wildman–Crippen LogP) is -0.136. The second-order valence-corrected chi connectivity index (χ2v) is 3.19. The Bertz CT molecular complexity index is 765. The van der Waals surface area contributed by atoms with Crippen LogP contribution < -0.4 is 11.2 Å². The van der Waals surface area contributed by atoms with Gasteiger partial charge in [-0.15, -0.1) is 0 Å². The van der Waals surface area contributed by atoms with Crippen molar-refractivity contribution in [3.63, 3.8) is 0 Å². The van der Waals surface area contributed by atoms with E-state index in [4.69, 9.17) is 0 Å². The fourth-order valence-electron chi connectivity index (χ4n) is 1.64. The minimum atomic E-state index is -0.510. The number of aromatic amines is 2. The lowest BCUT2D eigenvalue weighted by Crippen LogP contribution is -2.20. The van der Waals surface area contributed by atoms with Crippen LogP contribution >= 0.6 is 0 Å². The number of hydrogen-bond donors (Lipinski definition) is 2. The Morgan fingerprint density at radius 1 is 1.27 bits per heavy atom. The van der Waals surface area contributed by atoms with Crippen molar-refractivity contribution in [2.24, 2.45) is 0 Å². The lowest BCUT2D eigenvalue weighted by Gasteiger charge is -1.90. The summed E-state index contributed by atoms with van der Waals surface area (Å²) in [5, 5.41) is 0.447. The van der Waals surface area contributed by atoms with Crippen molar-refractivity contribution >= 4 is 16.4 Å². The molecule has 3 aromatic rings. The molecule has 0 fully saturated rings. The van der Waals surface area contributed by atoms with Gasteiger partial charge in [0.2, 0.25) is 0 Å². The smallest absolute Gasteiger partial charge is 0.318 e. The van der Waals surface area contributed by atoms with Crippen LogP contribution in [0.4, 0.5) is 0 Å². The molecule has 0 bridgehead atoms. The highest BCUT2D eigenvalue weighted by Crippen LogP contribution is 2.13. The van der Waals surface area contributed by atoms with Gasteiger partial charge < -0.3 is 9.38 Å². The number of H-pyrrole nitrogens is 2. The summed E-state index contributed by atoms with van der Waals surface area (Å²) >= 11 is 0. The van der Waals surface area contributed by atoms with Gasteiger partial charge in [0.15, 0.2) is 0 Å². The maximum atomic E-state index is 11.5. The summed E-state index contributed by atoms with van der Waals surface area (Å²) in [7, 11) is 0. The van der Waals surface area contributed by atoms with E-state index in [9.17, 15) is 9.59 Å². The first-order chi connectivity index (χ1) is 7.25. The molecule has 3 aromatic heterocycles. The van der Waals surface area contributed by atoms with Crippen molar-refractivity contribution in [1.29, 1.82) is 0 Å². The second kappa shape index (κ2) is 2.57. The number of nitrogens with one attached hydrogen (secondary N) is 2. The molecule has 0 unspecified atom stereocenters. The lowest BCUT2D eigenvalue weighted by molar-refractivity contribution is 1.09.